The third-order valence-electron chi connectivity index (χ3n) is 3.42. The van der Waals surface area contributed by atoms with E-state index in [1.165, 1.54) is 11.8 Å². The molecule has 114 valence electrons. The summed E-state index contributed by atoms with van der Waals surface area (Å²) in [5.41, 5.74) is 3.06. The second kappa shape index (κ2) is 6.94. The van der Waals surface area contributed by atoms with Gasteiger partial charge in [-0.1, -0.05) is 84.2 Å². The summed E-state index contributed by atoms with van der Waals surface area (Å²) in [5, 5.41) is 0. The van der Waals surface area contributed by atoms with Crippen LogP contribution in [0.4, 0.5) is 5.69 Å². The lowest BCUT2D eigenvalue weighted by atomic mass is 10.2. The summed E-state index contributed by atoms with van der Waals surface area (Å²) in [6.45, 7) is 2.02. The maximum atomic E-state index is 12.6. The number of thiocarbonyl (C=S) groups is 1. The van der Waals surface area contributed by atoms with Gasteiger partial charge in [0.25, 0.3) is 5.91 Å². The topological polar surface area (TPSA) is 20.3 Å². The Hall–Kier alpha value is -2.17. The van der Waals surface area contributed by atoms with Gasteiger partial charge in [0, 0.05) is 0 Å². The first kappa shape index (κ1) is 15.7. The molecule has 23 heavy (non-hydrogen) atoms. The van der Waals surface area contributed by atoms with Crippen molar-refractivity contribution < 1.29 is 4.79 Å². The highest BCUT2D eigenvalue weighted by atomic mass is 32.2. The summed E-state index contributed by atoms with van der Waals surface area (Å²) in [6, 6.07) is 17.8. The van der Waals surface area contributed by atoms with E-state index in [-0.39, 0.29) is 5.91 Å². The molecule has 2 aromatic rings. The van der Waals surface area contributed by atoms with Gasteiger partial charge in [0.1, 0.15) is 0 Å². The lowest BCUT2D eigenvalue weighted by Gasteiger charge is -2.14. The molecule has 4 heteroatoms. The highest BCUT2D eigenvalue weighted by Gasteiger charge is 2.32. The fourth-order valence-corrected chi connectivity index (χ4v) is 3.46. The zero-order valence-electron chi connectivity index (χ0n) is 12.6. The van der Waals surface area contributed by atoms with Gasteiger partial charge in [0.15, 0.2) is 4.32 Å². The molecule has 0 unspecified atom stereocenters. The van der Waals surface area contributed by atoms with Gasteiger partial charge in [0.2, 0.25) is 0 Å². The zero-order valence-corrected chi connectivity index (χ0v) is 14.2. The molecule has 1 amide bonds. The van der Waals surface area contributed by atoms with Crippen molar-refractivity contribution in [2.24, 2.45) is 0 Å². The second-order valence-corrected chi connectivity index (χ2v) is 6.82. The van der Waals surface area contributed by atoms with Crippen LogP contribution >= 0.6 is 24.0 Å². The molecule has 2 nitrogen and oxygen atoms in total. The van der Waals surface area contributed by atoms with E-state index in [0.29, 0.717) is 9.23 Å². The molecule has 0 aromatic heterocycles. The molecule has 1 aliphatic heterocycles. The van der Waals surface area contributed by atoms with E-state index >= 15 is 0 Å². The van der Waals surface area contributed by atoms with Gasteiger partial charge in [-0.15, -0.1) is 0 Å². The van der Waals surface area contributed by atoms with Crippen LogP contribution in [0.15, 0.2) is 71.7 Å². The monoisotopic (exact) mass is 337 g/mol. The van der Waals surface area contributed by atoms with Crippen molar-refractivity contribution in [3.8, 4) is 0 Å². The van der Waals surface area contributed by atoms with Crippen LogP contribution in [0.5, 0.6) is 0 Å². The third-order valence-corrected chi connectivity index (χ3v) is 4.74. The van der Waals surface area contributed by atoms with Crippen molar-refractivity contribution in [2.45, 2.75) is 6.92 Å². The fraction of sp³-hybridized carbons (Fsp3) is 0.0526. The normalized spacial score (nSPS) is 16.7. The minimum atomic E-state index is -0.0680. The average Bonchev–Trinajstić information content (AvgIpc) is 2.84. The lowest BCUT2D eigenvalue weighted by molar-refractivity contribution is -0.113. The number of rotatable bonds is 3. The molecule has 1 fully saturated rings. The van der Waals surface area contributed by atoms with Gasteiger partial charge in [0.05, 0.1) is 10.6 Å². The minimum absolute atomic E-state index is 0.0680. The maximum absolute atomic E-state index is 12.6. The number of aryl methyl sites for hydroxylation is 1. The molecule has 1 saturated heterocycles. The second-order valence-electron chi connectivity index (χ2n) is 5.14. The van der Waals surface area contributed by atoms with E-state index in [1.807, 2.05) is 79.7 Å². The molecule has 0 aliphatic carbocycles. The van der Waals surface area contributed by atoms with Crippen molar-refractivity contribution in [3.63, 3.8) is 0 Å². The first-order valence-electron chi connectivity index (χ1n) is 7.21. The number of hydrogen-bond acceptors (Lipinski definition) is 3. The Morgan fingerprint density at radius 3 is 2.43 bits per heavy atom. The maximum Gasteiger partial charge on any atom is 0.270 e. The molecule has 2 aromatic carbocycles. The van der Waals surface area contributed by atoms with Crippen molar-refractivity contribution in [3.05, 3.63) is 82.8 Å². The van der Waals surface area contributed by atoms with E-state index in [9.17, 15) is 4.79 Å². The number of amides is 1. The molecular weight excluding hydrogens is 322 g/mol. The first-order valence-corrected chi connectivity index (χ1v) is 8.44. The Morgan fingerprint density at radius 2 is 1.74 bits per heavy atom. The summed E-state index contributed by atoms with van der Waals surface area (Å²) >= 11 is 6.69. The average molecular weight is 337 g/mol. The van der Waals surface area contributed by atoms with Crippen LogP contribution in [-0.4, -0.2) is 10.2 Å². The number of benzene rings is 2. The predicted octanol–water partition coefficient (Wildman–Crippen LogP) is 4.96. The van der Waals surface area contributed by atoms with E-state index in [2.05, 4.69) is 0 Å². The van der Waals surface area contributed by atoms with E-state index in [1.54, 1.807) is 4.90 Å². The van der Waals surface area contributed by atoms with Crippen molar-refractivity contribution >= 4 is 46.0 Å². The standard InChI is InChI=1S/C19H15NOS2/c1-14-10-12-16(13-11-14)20-18(21)17(23-19(20)22)9-5-8-15-6-3-2-4-7-15/h2-13H,1H3/b8-5+,17-9-. The molecule has 0 bridgehead atoms. The van der Waals surface area contributed by atoms with Crippen molar-refractivity contribution in [2.75, 3.05) is 4.90 Å². The molecule has 1 heterocycles. The van der Waals surface area contributed by atoms with Crippen LogP contribution in [0.25, 0.3) is 6.08 Å². The van der Waals surface area contributed by atoms with E-state index in [0.717, 1.165) is 16.8 Å². The smallest absolute Gasteiger partial charge is 0.268 e. The third kappa shape index (κ3) is 3.60. The largest absolute Gasteiger partial charge is 0.270 e. The summed E-state index contributed by atoms with van der Waals surface area (Å²) in [7, 11) is 0. The van der Waals surface area contributed by atoms with Crippen molar-refractivity contribution in [1.29, 1.82) is 0 Å². The summed E-state index contributed by atoms with van der Waals surface area (Å²) in [4.78, 5) is 14.8. The number of carbonyl (C=O) groups is 1. The number of thioether (sulfide) groups is 1. The molecule has 3 rings (SSSR count). The minimum Gasteiger partial charge on any atom is -0.268 e. The Balaban J connectivity index is 1.79. The SMILES string of the molecule is Cc1ccc(N2C(=O)/C(=C/C=C/c3ccccc3)SC2=S)cc1. The van der Waals surface area contributed by atoms with Gasteiger partial charge < -0.3 is 0 Å². The number of nitrogens with zero attached hydrogens (tertiary/aromatic N) is 1. The molecule has 0 atom stereocenters. The van der Waals surface area contributed by atoms with Gasteiger partial charge in [-0.25, -0.2) is 0 Å². The Bertz CT molecular complexity index is 792. The first-order chi connectivity index (χ1) is 11.1. The van der Waals surface area contributed by atoms with Crippen molar-refractivity contribution in [1.82, 2.24) is 0 Å². The summed E-state index contributed by atoms with van der Waals surface area (Å²) in [5.74, 6) is -0.0680. The molecule has 0 saturated carbocycles. The fourth-order valence-electron chi connectivity index (χ4n) is 2.21. The number of carbonyl (C=O) groups excluding carboxylic acids is 1. The quantitative estimate of drug-likeness (QED) is 0.583. The molecule has 0 N–H and O–H groups in total. The Morgan fingerprint density at radius 1 is 1.04 bits per heavy atom. The van der Waals surface area contributed by atoms with E-state index < -0.39 is 0 Å². The zero-order chi connectivity index (χ0) is 16.2. The van der Waals surface area contributed by atoms with Crippen LogP contribution in [0.1, 0.15) is 11.1 Å². The van der Waals surface area contributed by atoms with Gasteiger partial charge >= 0.3 is 0 Å². The Kier molecular flexibility index (Phi) is 4.74. The summed E-state index contributed by atoms with van der Waals surface area (Å²) in [6.07, 6.45) is 5.68. The van der Waals surface area contributed by atoms with Crippen LogP contribution in [0.2, 0.25) is 0 Å². The van der Waals surface area contributed by atoms with Gasteiger partial charge in [-0.3, -0.25) is 9.69 Å². The highest BCUT2D eigenvalue weighted by molar-refractivity contribution is 8.27. The Labute approximate surface area is 145 Å². The molecule has 0 spiro atoms. The number of anilines is 1. The van der Waals surface area contributed by atoms with Crippen LogP contribution in [0.3, 0.4) is 0 Å². The van der Waals surface area contributed by atoms with E-state index in [4.69, 9.17) is 12.2 Å². The number of hydrogen-bond donors (Lipinski definition) is 0. The van der Waals surface area contributed by atoms with Gasteiger partial charge in [-0.05, 0) is 30.7 Å². The predicted molar refractivity (Wildman–Crippen MR) is 102 cm³/mol. The molecular formula is C19H15NOS2. The van der Waals surface area contributed by atoms with Crippen LogP contribution < -0.4 is 4.90 Å². The molecule has 0 radical (unpaired) electrons. The lowest BCUT2D eigenvalue weighted by Crippen LogP contribution is -2.27. The van der Waals surface area contributed by atoms with Gasteiger partial charge in [-0.2, -0.15) is 0 Å². The summed E-state index contributed by atoms with van der Waals surface area (Å²) < 4.78 is 0.568. The number of allylic oxidation sites excluding steroid dienone is 2. The van der Waals surface area contributed by atoms with Crippen LogP contribution in [-0.2, 0) is 4.79 Å². The molecule has 1 aliphatic rings. The van der Waals surface area contributed by atoms with Crippen LogP contribution in [0, 0.1) is 6.92 Å². The highest BCUT2D eigenvalue weighted by Crippen LogP contribution is 2.34.